The van der Waals surface area contributed by atoms with Crippen LogP contribution in [0.1, 0.15) is 0 Å². The highest BCUT2D eigenvalue weighted by Gasteiger charge is 2.15. The maximum absolute atomic E-state index is 9.17. The van der Waals surface area contributed by atoms with E-state index in [1.165, 1.54) is 0 Å². The third-order valence-corrected chi connectivity index (χ3v) is 2.49. The van der Waals surface area contributed by atoms with Crippen LogP contribution in [-0.4, -0.2) is 63.9 Å². The quantitative estimate of drug-likeness (QED) is 0.418. The highest BCUT2D eigenvalue weighted by Crippen LogP contribution is 2.06. The molecule has 0 heterocycles. The van der Waals surface area contributed by atoms with Crippen LogP contribution in [0.3, 0.4) is 0 Å². The van der Waals surface area contributed by atoms with Crippen molar-refractivity contribution in [1.82, 2.24) is 0 Å². The van der Waals surface area contributed by atoms with Gasteiger partial charge in [0.1, 0.15) is 12.4 Å². The van der Waals surface area contributed by atoms with E-state index in [-0.39, 0.29) is 0 Å². The maximum atomic E-state index is 9.17. The fourth-order valence-electron chi connectivity index (χ4n) is 1.50. The molecule has 0 spiro atoms. The van der Waals surface area contributed by atoms with Crippen molar-refractivity contribution in [3.8, 4) is 5.75 Å². The Labute approximate surface area is 119 Å². The monoisotopic (exact) mass is 284 g/mol. The van der Waals surface area contributed by atoms with Gasteiger partial charge in [-0.25, -0.2) is 0 Å². The van der Waals surface area contributed by atoms with Gasteiger partial charge in [-0.2, -0.15) is 0 Å². The van der Waals surface area contributed by atoms with Gasteiger partial charge in [-0.1, -0.05) is 18.2 Å². The number of hydrogen-bond donors (Lipinski definition) is 2. The number of hydrogen-bond acceptors (Lipinski definition) is 6. The van der Waals surface area contributed by atoms with Gasteiger partial charge in [-0.3, -0.25) is 0 Å². The third-order valence-electron chi connectivity index (χ3n) is 2.49. The Kier molecular flexibility index (Phi) is 9.02. The summed E-state index contributed by atoms with van der Waals surface area (Å²) in [6, 6.07) is 6.77. The van der Waals surface area contributed by atoms with Gasteiger partial charge >= 0.3 is 7.12 Å². The summed E-state index contributed by atoms with van der Waals surface area (Å²) < 4.78 is 20.8. The summed E-state index contributed by atoms with van der Waals surface area (Å²) in [5.41, 5.74) is 0.343. The summed E-state index contributed by atoms with van der Waals surface area (Å²) in [7, 11) is 0.0829. The minimum Gasteiger partial charge on any atom is -0.492 e. The largest absolute Gasteiger partial charge is 0.492 e. The lowest BCUT2D eigenvalue weighted by molar-refractivity contribution is 0.0180. The highest BCUT2D eigenvalue weighted by molar-refractivity contribution is 6.59. The second-order valence-electron chi connectivity index (χ2n) is 3.98. The predicted molar refractivity (Wildman–Crippen MR) is 75.3 cm³/mol. The normalized spacial score (nSPS) is 10.6. The summed E-state index contributed by atoms with van der Waals surface area (Å²) in [6.45, 7) is 2.86. The van der Waals surface area contributed by atoms with E-state index in [0.29, 0.717) is 50.9 Å². The minimum atomic E-state index is -1.54. The Morgan fingerprint density at radius 1 is 0.900 bits per heavy atom. The number of para-hydroxylation sites is 1. The lowest BCUT2D eigenvalue weighted by Gasteiger charge is -2.11. The molecule has 0 aliphatic rings. The van der Waals surface area contributed by atoms with Crippen LogP contribution in [0.15, 0.2) is 24.3 Å². The number of methoxy groups -OCH3 is 1. The third kappa shape index (κ3) is 6.88. The van der Waals surface area contributed by atoms with Crippen molar-refractivity contribution >= 4 is 12.6 Å². The molecular weight excluding hydrogens is 263 g/mol. The average molecular weight is 284 g/mol. The molecule has 0 atom stereocenters. The Morgan fingerprint density at radius 2 is 1.50 bits per heavy atom. The molecule has 0 fully saturated rings. The molecule has 1 aromatic carbocycles. The van der Waals surface area contributed by atoms with E-state index < -0.39 is 7.12 Å². The van der Waals surface area contributed by atoms with Crippen LogP contribution in [0.5, 0.6) is 5.75 Å². The molecule has 1 aromatic rings. The van der Waals surface area contributed by atoms with Crippen molar-refractivity contribution < 1.29 is 29.0 Å². The molecule has 0 aliphatic carbocycles. The Balaban J connectivity index is 2.10. The fourth-order valence-corrected chi connectivity index (χ4v) is 1.50. The number of ether oxygens (including phenoxy) is 4. The van der Waals surface area contributed by atoms with Crippen molar-refractivity contribution in [3.05, 3.63) is 24.3 Å². The topological polar surface area (TPSA) is 77.4 Å². The van der Waals surface area contributed by atoms with Crippen molar-refractivity contribution in [3.63, 3.8) is 0 Å². The molecular formula is C13H21BO6. The first-order chi connectivity index (χ1) is 9.75. The van der Waals surface area contributed by atoms with Gasteiger partial charge in [0.25, 0.3) is 0 Å². The minimum absolute atomic E-state index is 0.335. The molecule has 0 aromatic heterocycles. The molecule has 1 rings (SSSR count). The summed E-state index contributed by atoms with van der Waals surface area (Å²) in [5, 5.41) is 18.3. The second-order valence-corrected chi connectivity index (χ2v) is 3.98. The average Bonchev–Trinajstić information content (AvgIpc) is 2.46. The van der Waals surface area contributed by atoms with Gasteiger partial charge in [0.2, 0.25) is 0 Å². The van der Waals surface area contributed by atoms with Crippen molar-refractivity contribution in [2.24, 2.45) is 0 Å². The van der Waals surface area contributed by atoms with Crippen LogP contribution in [0, 0.1) is 0 Å². The molecule has 0 saturated carbocycles. The SMILES string of the molecule is COCCOCCOCCOc1ccccc1B(O)O. The van der Waals surface area contributed by atoms with Gasteiger partial charge in [-0.05, 0) is 6.07 Å². The van der Waals surface area contributed by atoms with Gasteiger partial charge in [0, 0.05) is 12.6 Å². The molecule has 0 radical (unpaired) electrons. The maximum Gasteiger partial charge on any atom is 0.492 e. The van der Waals surface area contributed by atoms with Crippen LogP contribution in [0.4, 0.5) is 0 Å². The van der Waals surface area contributed by atoms with Gasteiger partial charge < -0.3 is 29.0 Å². The Morgan fingerprint density at radius 3 is 2.15 bits per heavy atom. The second kappa shape index (κ2) is 10.6. The molecule has 0 bridgehead atoms. The molecule has 112 valence electrons. The molecule has 0 unspecified atom stereocenters. The van der Waals surface area contributed by atoms with E-state index in [9.17, 15) is 0 Å². The van der Waals surface area contributed by atoms with Crippen molar-refractivity contribution in [2.45, 2.75) is 0 Å². The first kappa shape index (κ1) is 16.9. The lowest BCUT2D eigenvalue weighted by Crippen LogP contribution is -2.31. The van der Waals surface area contributed by atoms with E-state index in [4.69, 9.17) is 29.0 Å². The summed E-state index contributed by atoms with van der Waals surface area (Å²) in [6.07, 6.45) is 0. The zero-order valence-corrected chi connectivity index (χ0v) is 11.7. The molecule has 20 heavy (non-hydrogen) atoms. The van der Waals surface area contributed by atoms with Crippen LogP contribution in [0.25, 0.3) is 0 Å². The van der Waals surface area contributed by atoms with E-state index >= 15 is 0 Å². The zero-order chi connectivity index (χ0) is 14.6. The van der Waals surface area contributed by atoms with Crippen molar-refractivity contribution in [1.29, 1.82) is 0 Å². The molecule has 2 N–H and O–H groups in total. The summed E-state index contributed by atoms with van der Waals surface area (Å²) >= 11 is 0. The van der Waals surface area contributed by atoms with Gasteiger partial charge in [0.15, 0.2) is 0 Å². The lowest BCUT2D eigenvalue weighted by atomic mass is 9.79. The predicted octanol–water partition coefficient (Wildman–Crippen LogP) is -0.575. The molecule has 0 aliphatic heterocycles. The Bertz CT molecular complexity index is 360. The standard InChI is InChI=1S/C13H21BO6/c1-17-6-7-18-8-9-19-10-11-20-13-5-3-2-4-12(13)14(15)16/h2-5,15-16H,6-11H2,1H3. The number of benzene rings is 1. The van der Waals surface area contributed by atoms with E-state index in [0.717, 1.165) is 0 Å². The summed E-state index contributed by atoms with van der Waals surface area (Å²) in [5.74, 6) is 0.447. The smallest absolute Gasteiger partial charge is 0.492 e. The van der Waals surface area contributed by atoms with Crippen molar-refractivity contribution in [2.75, 3.05) is 46.8 Å². The zero-order valence-electron chi connectivity index (χ0n) is 11.7. The fraction of sp³-hybridized carbons (Fsp3) is 0.538. The first-order valence-corrected chi connectivity index (χ1v) is 6.48. The molecule has 7 heteroatoms. The molecule has 0 amide bonds. The first-order valence-electron chi connectivity index (χ1n) is 6.48. The van der Waals surface area contributed by atoms with E-state index in [1.54, 1.807) is 31.4 Å². The van der Waals surface area contributed by atoms with Crippen LogP contribution >= 0.6 is 0 Å². The van der Waals surface area contributed by atoms with Gasteiger partial charge in [-0.15, -0.1) is 0 Å². The van der Waals surface area contributed by atoms with Crippen LogP contribution in [-0.2, 0) is 14.2 Å². The highest BCUT2D eigenvalue weighted by atomic mass is 16.6. The van der Waals surface area contributed by atoms with E-state index in [2.05, 4.69) is 0 Å². The van der Waals surface area contributed by atoms with Crippen LogP contribution < -0.4 is 10.2 Å². The molecule has 0 saturated heterocycles. The Hall–Kier alpha value is -1.12. The summed E-state index contributed by atoms with van der Waals surface area (Å²) in [4.78, 5) is 0. The number of rotatable bonds is 11. The van der Waals surface area contributed by atoms with Crippen LogP contribution in [0.2, 0.25) is 0 Å². The van der Waals surface area contributed by atoms with E-state index in [1.807, 2.05) is 0 Å². The molecule has 6 nitrogen and oxygen atoms in total. The van der Waals surface area contributed by atoms with Gasteiger partial charge in [0.05, 0.1) is 33.0 Å².